The molecule has 2 fully saturated rings. The Kier molecular flexibility index (Phi) is 6.11. The molecule has 4 heteroatoms. The Morgan fingerprint density at radius 1 is 0.880 bits per heavy atom. The molecule has 0 aliphatic heterocycles. The summed E-state index contributed by atoms with van der Waals surface area (Å²) >= 11 is 0. The zero-order valence-electron chi connectivity index (χ0n) is 15.0. The van der Waals surface area contributed by atoms with Crippen molar-refractivity contribution in [2.75, 3.05) is 0 Å². The fourth-order valence-electron chi connectivity index (χ4n) is 4.09. The van der Waals surface area contributed by atoms with Gasteiger partial charge in [0.15, 0.2) is 0 Å². The highest BCUT2D eigenvalue weighted by molar-refractivity contribution is 5.75. The van der Waals surface area contributed by atoms with Crippen LogP contribution < -0.4 is 4.74 Å². The molecule has 0 unspecified atom stereocenters. The van der Waals surface area contributed by atoms with Crippen LogP contribution in [0.15, 0.2) is 24.3 Å². The van der Waals surface area contributed by atoms with Gasteiger partial charge in [-0.25, -0.2) is 0 Å². The van der Waals surface area contributed by atoms with Crippen molar-refractivity contribution in [2.45, 2.75) is 76.7 Å². The summed E-state index contributed by atoms with van der Waals surface area (Å²) in [6, 6.07) is 8.06. The van der Waals surface area contributed by atoms with Crippen LogP contribution in [0.1, 0.15) is 76.2 Å². The molecule has 0 spiro atoms. The maximum Gasteiger partial charge on any atom is 0.314 e. The smallest absolute Gasteiger partial charge is 0.314 e. The molecule has 0 radical (unpaired) electrons. The van der Waals surface area contributed by atoms with Gasteiger partial charge in [-0.2, -0.15) is 0 Å². The van der Waals surface area contributed by atoms with Gasteiger partial charge < -0.3 is 9.47 Å². The van der Waals surface area contributed by atoms with Crippen molar-refractivity contribution in [2.24, 2.45) is 5.92 Å². The van der Waals surface area contributed by atoms with Crippen LogP contribution in [-0.2, 0) is 14.3 Å². The summed E-state index contributed by atoms with van der Waals surface area (Å²) in [5.41, 5.74) is 1.36. The Balaban J connectivity index is 1.49. The normalized spacial score (nSPS) is 24.5. The van der Waals surface area contributed by atoms with Gasteiger partial charge in [0, 0.05) is 6.92 Å². The van der Waals surface area contributed by atoms with Gasteiger partial charge in [0.05, 0.1) is 5.92 Å². The summed E-state index contributed by atoms with van der Waals surface area (Å²) in [5.74, 6) is 0.794. The molecule has 0 bridgehead atoms. The molecule has 136 valence electrons. The molecule has 0 heterocycles. The Hall–Kier alpha value is -1.84. The number of ether oxygens (including phenoxy) is 2. The van der Waals surface area contributed by atoms with E-state index >= 15 is 0 Å². The van der Waals surface area contributed by atoms with E-state index in [4.69, 9.17) is 9.47 Å². The van der Waals surface area contributed by atoms with E-state index in [-0.39, 0.29) is 24.0 Å². The van der Waals surface area contributed by atoms with Crippen LogP contribution in [0, 0.1) is 5.92 Å². The van der Waals surface area contributed by atoms with Crippen LogP contribution in [0.4, 0.5) is 0 Å². The highest BCUT2D eigenvalue weighted by atomic mass is 16.5. The predicted molar refractivity (Wildman–Crippen MR) is 95.4 cm³/mol. The van der Waals surface area contributed by atoms with E-state index in [9.17, 15) is 9.59 Å². The fraction of sp³-hybridized carbons (Fsp3) is 0.619. The summed E-state index contributed by atoms with van der Waals surface area (Å²) in [6.07, 6.45) is 9.39. The number of esters is 2. The first-order valence-corrected chi connectivity index (χ1v) is 9.60. The first kappa shape index (κ1) is 18.0. The third-order valence-corrected chi connectivity index (χ3v) is 5.52. The summed E-state index contributed by atoms with van der Waals surface area (Å²) in [6.45, 7) is 1.43. The van der Waals surface area contributed by atoms with E-state index in [1.807, 2.05) is 12.1 Å². The SMILES string of the molecule is CC(=O)OC1CCC(C(=O)Oc2ccc(C3CCCCC3)cc2)CC1. The minimum Gasteiger partial charge on any atom is -0.463 e. The molecule has 0 N–H and O–H groups in total. The van der Waals surface area contributed by atoms with Gasteiger partial charge in [-0.05, 0) is 62.1 Å². The molecule has 0 atom stereocenters. The Bertz CT molecular complexity index is 578. The molecule has 0 amide bonds. The molecular weight excluding hydrogens is 316 g/mol. The van der Waals surface area contributed by atoms with Crippen LogP contribution >= 0.6 is 0 Å². The lowest BCUT2D eigenvalue weighted by atomic mass is 9.84. The predicted octanol–water partition coefficient (Wildman–Crippen LogP) is 4.76. The molecule has 3 rings (SSSR count). The van der Waals surface area contributed by atoms with E-state index in [2.05, 4.69) is 12.1 Å². The standard InChI is InChI=1S/C21H28O4/c1-15(22)24-19-13-9-18(10-14-19)21(23)25-20-11-7-17(8-12-20)16-5-3-2-4-6-16/h7-8,11-12,16,18-19H,2-6,9-10,13-14H2,1H3. The maximum atomic E-state index is 12.4. The maximum absolute atomic E-state index is 12.4. The van der Waals surface area contributed by atoms with E-state index < -0.39 is 0 Å². The summed E-state index contributed by atoms with van der Waals surface area (Å²) in [4.78, 5) is 23.3. The largest absolute Gasteiger partial charge is 0.463 e. The summed E-state index contributed by atoms with van der Waals surface area (Å²) in [5, 5.41) is 0. The molecule has 2 aliphatic rings. The number of hydrogen-bond acceptors (Lipinski definition) is 4. The highest BCUT2D eigenvalue weighted by Gasteiger charge is 2.29. The molecule has 4 nitrogen and oxygen atoms in total. The fourth-order valence-corrected chi connectivity index (χ4v) is 4.09. The Morgan fingerprint density at radius 2 is 1.52 bits per heavy atom. The van der Waals surface area contributed by atoms with Crippen molar-refractivity contribution in [3.8, 4) is 5.75 Å². The molecular formula is C21H28O4. The second-order valence-corrected chi connectivity index (χ2v) is 7.41. The first-order valence-electron chi connectivity index (χ1n) is 9.60. The minimum absolute atomic E-state index is 0.0451. The topological polar surface area (TPSA) is 52.6 Å². The zero-order chi connectivity index (χ0) is 17.6. The van der Waals surface area contributed by atoms with E-state index in [1.165, 1.54) is 44.6 Å². The van der Waals surface area contributed by atoms with Gasteiger partial charge in [0.25, 0.3) is 0 Å². The van der Waals surface area contributed by atoms with Crippen molar-refractivity contribution >= 4 is 11.9 Å². The van der Waals surface area contributed by atoms with Crippen molar-refractivity contribution < 1.29 is 19.1 Å². The van der Waals surface area contributed by atoms with Crippen molar-refractivity contribution in [3.05, 3.63) is 29.8 Å². The van der Waals surface area contributed by atoms with E-state index in [0.29, 0.717) is 11.7 Å². The van der Waals surface area contributed by atoms with Gasteiger partial charge >= 0.3 is 11.9 Å². The highest BCUT2D eigenvalue weighted by Crippen LogP contribution is 2.33. The monoisotopic (exact) mass is 344 g/mol. The summed E-state index contributed by atoms with van der Waals surface area (Å²) < 4.78 is 10.8. The van der Waals surface area contributed by atoms with Gasteiger partial charge in [-0.3, -0.25) is 9.59 Å². The number of carbonyl (C=O) groups is 2. The average Bonchev–Trinajstić information content (AvgIpc) is 2.63. The lowest BCUT2D eigenvalue weighted by molar-refractivity contribution is -0.149. The molecule has 25 heavy (non-hydrogen) atoms. The van der Waals surface area contributed by atoms with Crippen LogP contribution in [0.3, 0.4) is 0 Å². The van der Waals surface area contributed by atoms with Crippen LogP contribution in [0.5, 0.6) is 5.75 Å². The number of carbonyl (C=O) groups excluding carboxylic acids is 2. The summed E-state index contributed by atoms with van der Waals surface area (Å²) in [7, 11) is 0. The number of benzene rings is 1. The Morgan fingerprint density at radius 3 is 2.12 bits per heavy atom. The van der Waals surface area contributed by atoms with Crippen molar-refractivity contribution in [1.82, 2.24) is 0 Å². The third-order valence-electron chi connectivity index (χ3n) is 5.52. The molecule has 1 aromatic rings. The van der Waals surface area contributed by atoms with Crippen LogP contribution in [-0.4, -0.2) is 18.0 Å². The van der Waals surface area contributed by atoms with Crippen molar-refractivity contribution in [3.63, 3.8) is 0 Å². The molecule has 2 aliphatic carbocycles. The van der Waals surface area contributed by atoms with Gasteiger partial charge in [0.1, 0.15) is 11.9 Å². The third kappa shape index (κ3) is 5.07. The quantitative estimate of drug-likeness (QED) is 0.583. The second-order valence-electron chi connectivity index (χ2n) is 7.41. The molecule has 0 saturated heterocycles. The van der Waals surface area contributed by atoms with Gasteiger partial charge in [-0.1, -0.05) is 31.4 Å². The van der Waals surface area contributed by atoms with E-state index in [1.54, 1.807) is 0 Å². The molecule has 0 aromatic heterocycles. The van der Waals surface area contributed by atoms with Crippen molar-refractivity contribution in [1.29, 1.82) is 0 Å². The van der Waals surface area contributed by atoms with Crippen LogP contribution in [0.2, 0.25) is 0 Å². The second kappa shape index (κ2) is 8.50. The zero-order valence-corrected chi connectivity index (χ0v) is 15.0. The van der Waals surface area contributed by atoms with E-state index in [0.717, 1.165) is 25.7 Å². The van der Waals surface area contributed by atoms with Gasteiger partial charge in [-0.15, -0.1) is 0 Å². The lowest BCUT2D eigenvalue weighted by Gasteiger charge is -2.26. The van der Waals surface area contributed by atoms with Crippen LogP contribution in [0.25, 0.3) is 0 Å². The number of hydrogen-bond donors (Lipinski definition) is 0. The number of rotatable bonds is 4. The molecule has 2 saturated carbocycles. The lowest BCUT2D eigenvalue weighted by Crippen LogP contribution is -2.29. The minimum atomic E-state index is -0.246. The average molecular weight is 344 g/mol. The van der Waals surface area contributed by atoms with Gasteiger partial charge in [0.2, 0.25) is 0 Å². The Labute approximate surface area is 149 Å². The molecule has 1 aromatic carbocycles. The first-order chi connectivity index (χ1) is 12.1.